The predicted molar refractivity (Wildman–Crippen MR) is 48.4 cm³/mol. The van der Waals surface area contributed by atoms with E-state index in [0.29, 0.717) is 6.54 Å². The fraction of sp³-hybridized carbons (Fsp3) is 0.111. The van der Waals surface area contributed by atoms with E-state index in [-0.39, 0.29) is 5.69 Å². The maximum absolute atomic E-state index is 11.1. The van der Waals surface area contributed by atoms with Crippen molar-refractivity contribution in [2.24, 2.45) is 0 Å². The number of hydrogen-bond donors (Lipinski definition) is 1. The SMILES string of the molecule is O=c1[nH]ncn1Cc1ccccc1. The minimum atomic E-state index is -0.177. The van der Waals surface area contributed by atoms with Gasteiger partial charge < -0.3 is 0 Å². The van der Waals surface area contributed by atoms with Gasteiger partial charge in [-0.2, -0.15) is 5.10 Å². The van der Waals surface area contributed by atoms with Crippen molar-refractivity contribution in [3.05, 3.63) is 52.7 Å². The molecule has 0 fully saturated rings. The maximum Gasteiger partial charge on any atom is 0.343 e. The van der Waals surface area contributed by atoms with Crippen LogP contribution < -0.4 is 5.69 Å². The minimum Gasteiger partial charge on any atom is -0.277 e. The Morgan fingerprint density at radius 2 is 2.08 bits per heavy atom. The highest BCUT2D eigenvalue weighted by Gasteiger charge is 1.96. The normalized spacial score (nSPS) is 10.2. The Kier molecular flexibility index (Phi) is 1.96. The van der Waals surface area contributed by atoms with Crippen LogP contribution in [-0.2, 0) is 6.54 Å². The van der Waals surface area contributed by atoms with E-state index in [9.17, 15) is 4.79 Å². The molecule has 0 spiro atoms. The number of hydrogen-bond acceptors (Lipinski definition) is 2. The van der Waals surface area contributed by atoms with Crippen molar-refractivity contribution in [2.75, 3.05) is 0 Å². The molecule has 1 aromatic carbocycles. The minimum absolute atomic E-state index is 0.177. The van der Waals surface area contributed by atoms with Crippen LogP contribution >= 0.6 is 0 Å². The second-order valence-electron chi connectivity index (χ2n) is 2.78. The average Bonchev–Trinajstić information content (AvgIpc) is 2.54. The first-order valence-electron chi connectivity index (χ1n) is 4.00. The summed E-state index contributed by atoms with van der Waals surface area (Å²) in [5, 5.41) is 5.99. The summed E-state index contributed by atoms with van der Waals surface area (Å²) in [6, 6.07) is 9.78. The molecule has 2 rings (SSSR count). The molecule has 2 aromatic rings. The maximum atomic E-state index is 11.1. The first-order valence-corrected chi connectivity index (χ1v) is 4.00. The van der Waals surface area contributed by atoms with Crippen LogP contribution in [0.3, 0.4) is 0 Å². The molecule has 0 saturated carbocycles. The monoisotopic (exact) mass is 175 g/mol. The van der Waals surface area contributed by atoms with E-state index < -0.39 is 0 Å². The van der Waals surface area contributed by atoms with Crippen LogP contribution in [0.5, 0.6) is 0 Å². The summed E-state index contributed by atoms with van der Waals surface area (Å²) >= 11 is 0. The van der Waals surface area contributed by atoms with Crippen LogP contribution in [0.15, 0.2) is 41.5 Å². The molecule has 4 heteroatoms. The van der Waals surface area contributed by atoms with Gasteiger partial charge in [-0.25, -0.2) is 9.89 Å². The quantitative estimate of drug-likeness (QED) is 0.727. The number of aromatic nitrogens is 3. The Bertz CT molecular complexity index is 429. The molecule has 1 N–H and O–H groups in total. The van der Waals surface area contributed by atoms with E-state index in [2.05, 4.69) is 10.2 Å². The molecule has 0 radical (unpaired) electrons. The van der Waals surface area contributed by atoms with Crippen LogP contribution in [-0.4, -0.2) is 14.8 Å². The lowest BCUT2D eigenvalue weighted by molar-refractivity contribution is 0.761. The van der Waals surface area contributed by atoms with Crippen molar-refractivity contribution < 1.29 is 0 Å². The van der Waals surface area contributed by atoms with Gasteiger partial charge in [-0.3, -0.25) is 4.57 Å². The number of benzene rings is 1. The highest BCUT2D eigenvalue weighted by Crippen LogP contribution is 1.98. The van der Waals surface area contributed by atoms with Crippen LogP contribution in [0.4, 0.5) is 0 Å². The topological polar surface area (TPSA) is 50.7 Å². The van der Waals surface area contributed by atoms with Crippen molar-refractivity contribution in [1.29, 1.82) is 0 Å². The van der Waals surface area contributed by atoms with E-state index >= 15 is 0 Å². The summed E-state index contributed by atoms with van der Waals surface area (Å²) in [7, 11) is 0. The van der Waals surface area contributed by atoms with Gasteiger partial charge in [0.15, 0.2) is 0 Å². The van der Waals surface area contributed by atoms with E-state index in [0.717, 1.165) is 5.56 Å². The third-order valence-corrected chi connectivity index (χ3v) is 1.81. The highest BCUT2D eigenvalue weighted by atomic mass is 16.1. The summed E-state index contributed by atoms with van der Waals surface area (Å²) in [5.74, 6) is 0. The van der Waals surface area contributed by atoms with E-state index in [1.165, 1.54) is 10.9 Å². The zero-order valence-corrected chi connectivity index (χ0v) is 6.97. The van der Waals surface area contributed by atoms with Gasteiger partial charge in [0.1, 0.15) is 6.33 Å². The molecule has 4 nitrogen and oxygen atoms in total. The van der Waals surface area contributed by atoms with E-state index in [4.69, 9.17) is 0 Å². The number of nitrogens with one attached hydrogen (secondary N) is 1. The smallest absolute Gasteiger partial charge is 0.277 e. The lowest BCUT2D eigenvalue weighted by Gasteiger charge is -1.98. The van der Waals surface area contributed by atoms with Gasteiger partial charge in [-0.05, 0) is 5.56 Å². The first-order chi connectivity index (χ1) is 6.36. The van der Waals surface area contributed by atoms with Crippen LogP contribution in [0.1, 0.15) is 5.56 Å². The van der Waals surface area contributed by atoms with Crippen molar-refractivity contribution >= 4 is 0 Å². The standard InChI is InChI=1S/C9H9N3O/c13-9-11-10-7-12(9)6-8-4-2-1-3-5-8/h1-5,7H,6H2,(H,11,13). The van der Waals surface area contributed by atoms with Crippen molar-refractivity contribution in [3.8, 4) is 0 Å². The molecule has 0 saturated heterocycles. The molecule has 0 unspecified atom stereocenters. The summed E-state index contributed by atoms with van der Waals surface area (Å²) in [6.07, 6.45) is 1.50. The Hall–Kier alpha value is -1.84. The van der Waals surface area contributed by atoms with Crippen LogP contribution in [0, 0.1) is 0 Å². The second kappa shape index (κ2) is 3.26. The summed E-state index contributed by atoms with van der Waals surface area (Å²) in [6.45, 7) is 0.566. The van der Waals surface area contributed by atoms with Crippen LogP contribution in [0.2, 0.25) is 0 Å². The summed E-state index contributed by atoms with van der Waals surface area (Å²) in [4.78, 5) is 11.1. The van der Waals surface area contributed by atoms with Gasteiger partial charge in [0.2, 0.25) is 0 Å². The zero-order valence-electron chi connectivity index (χ0n) is 6.97. The van der Waals surface area contributed by atoms with Gasteiger partial charge in [-0.15, -0.1) is 0 Å². The van der Waals surface area contributed by atoms with Gasteiger partial charge >= 0.3 is 5.69 Å². The molecule has 1 aromatic heterocycles. The molecule has 0 aliphatic rings. The number of H-pyrrole nitrogens is 1. The van der Waals surface area contributed by atoms with Gasteiger partial charge in [0.05, 0.1) is 6.54 Å². The molecule has 0 atom stereocenters. The lowest BCUT2D eigenvalue weighted by atomic mass is 10.2. The van der Waals surface area contributed by atoms with E-state index in [1.807, 2.05) is 30.3 Å². The first kappa shape index (κ1) is 7.79. The molecule has 66 valence electrons. The van der Waals surface area contributed by atoms with E-state index in [1.54, 1.807) is 0 Å². The van der Waals surface area contributed by atoms with Gasteiger partial charge in [-0.1, -0.05) is 30.3 Å². The average molecular weight is 175 g/mol. The molecule has 13 heavy (non-hydrogen) atoms. The fourth-order valence-electron chi connectivity index (χ4n) is 1.16. The largest absolute Gasteiger partial charge is 0.343 e. The van der Waals surface area contributed by atoms with Crippen molar-refractivity contribution in [2.45, 2.75) is 6.54 Å². The van der Waals surface area contributed by atoms with Crippen molar-refractivity contribution in [1.82, 2.24) is 14.8 Å². The second-order valence-corrected chi connectivity index (χ2v) is 2.78. The van der Waals surface area contributed by atoms with Gasteiger partial charge in [0, 0.05) is 0 Å². The third-order valence-electron chi connectivity index (χ3n) is 1.81. The molecule has 0 aliphatic heterocycles. The third kappa shape index (κ3) is 1.66. The number of aromatic amines is 1. The number of rotatable bonds is 2. The van der Waals surface area contributed by atoms with Gasteiger partial charge in [0.25, 0.3) is 0 Å². The molecule has 0 bridgehead atoms. The molecule has 1 heterocycles. The predicted octanol–water partition coefficient (Wildman–Crippen LogP) is 0.620. The summed E-state index contributed by atoms with van der Waals surface area (Å²) < 4.78 is 1.52. The Morgan fingerprint density at radius 1 is 1.31 bits per heavy atom. The molecular formula is C9H9N3O. The highest BCUT2D eigenvalue weighted by molar-refractivity contribution is 5.14. The zero-order chi connectivity index (χ0) is 9.10. The molecule has 0 amide bonds. The summed E-state index contributed by atoms with van der Waals surface area (Å²) in [5.41, 5.74) is 0.912. The van der Waals surface area contributed by atoms with Crippen LogP contribution in [0.25, 0.3) is 0 Å². The lowest BCUT2D eigenvalue weighted by Crippen LogP contribution is -2.16. The van der Waals surface area contributed by atoms with Crippen molar-refractivity contribution in [3.63, 3.8) is 0 Å². The fourth-order valence-corrected chi connectivity index (χ4v) is 1.16. The molecular weight excluding hydrogens is 166 g/mol. The Morgan fingerprint density at radius 3 is 2.69 bits per heavy atom. The Balaban J connectivity index is 2.25. The number of nitrogens with zero attached hydrogens (tertiary/aromatic N) is 2. The Labute approximate surface area is 74.8 Å². The molecule has 0 aliphatic carbocycles.